The van der Waals surface area contributed by atoms with Crippen LogP contribution in [-0.4, -0.2) is 41.5 Å². The minimum atomic E-state index is -3.43. The molecule has 0 bridgehead atoms. The maximum Gasteiger partial charge on any atom is 0.247 e. The highest BCUT2D eigenvalue weighted by molar-refractivity contribution is 7.89. The van der Waals surface area contributed by atoms with Crippen molar-refractivity contribution in [2.75, 3.05) is 6.54 Å². The third-order valence-electron chi connectivity index (χ3n) is 4.16. The van der Waals surface area contributed by atoms with Crippen LogP contribution in [0.1, 0.15) is 44.0 Å². The second-order valence-electron chi connectivity index (χ2n) is 5.89. The van der Waals surface area contributed by atoms with Gasteiger partial charge in [0.25, 0.3) is 0 Å². The van der Waals surface area contributed by atoms with E-state index in [0.717, 1.165) is 12.8 Å². The van der Waals surface area contributed by atoms with Crippen LogP contribution in [0.25, 0.3) is 0 Å². The van der Waals surface area contributed by atoms with Crippen LogP contribution in [0, 0.1) is 6.92 Å². The van der Waals surface area contributed by atoms with Crippen molar-refractivity contribution in [2.24, 2.45) is 0 Å². The molecule has 2 aliphatic rings. The molecule has 1 saturated heterocycles. The van der Waals surface area contributed by atoms with Gasteiger partial charge in [0.15, 0.2) is 0 Å². The zero-order valence-corrected chi connectivity index (χ0v) is 12.8. The van der Waals surface area contributed by atoms with Crippen LogP contribution < -0.4 is 5.32 Å². The second-order valence-corrected chi connectivity index (χ2v) is 7.71. The first kappa shape index (κ1) is 14.0. The molecule has 112 valence electrons. The monoisotopic (exact) mass is 298 g/mol. The van der Waals surface area contributed by atoms with Gasteiger partial charge in [-0.15, -0.1) is 0 Å². The lowest BCUT2D eigenvalue weighted by atomic mass is 10.3. The topological polar surface area (TPSA) is 78.1 Å². The molecular weight excluding hydrogens is 276 g/mol. The Labute approximate surface area is 120 Å². The molecule has 1 aromatic rings. The molecule has 1 aliphatic carbocycles. The molecule has 1 unspecified atom stereocenters. The number of nitrogens with zero attached hydrogens (tertiary/aromatic N) is 2. The number of hydrogen-bond donors (Lipinski definition) is 2. The van der Waals surface area contributed by atoms with Crippen LogP contribution in [0.3, 0.4) is 0 Å². The Morgan fingerprint density at radius 2 is 2.15 bits per heavy atom. The Balaban J connectivity index is 1.89. The fraction of sp³-hybridized carbons (Fsp3) is 0.769. The predicted molar refractivity (Wildman–Crippen MR) is 75.8 cm³/mol. The van der Waals surface area contributed by atoms with Gasteiger partial charge in [-0.05, 0) is 39.5 Å². The van der Waals surface area contributed by atoms with E-state index in [-0.39, 0.29) is 6.04 Å². The first-order chi connectivity index (χ1) is 9.50. The second kappa shape index (κ2) is 5.13. The molecule has 2 fully saturated rings. The van der Waals surface area contributed by atoms with E-state index in [2.05, 4.69) is 15.5 Å². The summed E-state index contributed by atoms with van der Waals surface area (Å²) >= 11 is 0. The van der Waals surface area contributed by atoms with Gasteiger partial charge in [0.05, 0.1) is 11.4 Å². The maximum atomic E-state index is 12.8. The van der Waals surface area contributed by atoms with Crippen LogP contribution >= 0.6 is 0 Å². The van der Waals surface area contributed by atoms with Crippen molar-refractivity contribution >= 4 is 10.0 Å². The average Bonchev–Trinajstić information content (AvgIpc) is 2.99. The first-order valence-electron chi connectivity index (χ1n) is 7.29. The summed E-state index contributed by atoms with van der Waals surface area (Å²) in [7, 11) is -3.43. The number of H-pyrrole nitrogens is 1. The van der Waals surface area contributed by atoms with Crippen molar-refractivity contribution in [3.8, 4) is 0 Å². The molecular formula is C13H22N4O2S. The van der Waals surface area contributed by atoms with Gasteiger partial charge in [0.1, 0.15) is 4.90 Å². The lowest BCUT2D eigenvalue weighted by Gasteiger charge is -2.21. The van der Waals surface area contributed by atoms with Crippen LogP contribution in [0.4, 0.5) is 0 Å². The highest BCUT2D eigenvalue weighted by Crippen LogP contribution is 2.29. The molecule has 0 amide bonds. The molecule has 3 rings (SSSR count). The highest BCUT2D eigenvalue weighted by atomic mass is 32.2. The zero-order valence-electron chi connectivity index (χ0n) is 12.0. The minimum Gasteiger partial charge on any atom is -0.308 e. The Hall–Kier alpha value is -0.920. The van der Waals surface area contributed by atoms with Crippen LogP contribution in [0.5, 0.6) is 0 Å². The van der Waals surface area contributed by atoms with Crippen molar-refractivity contribution in [3.63, 3.8) is 0 Å². The van der Waals surface area contributed by atoms with Gasteiger partial charge in [-0.25, -0.2) is 8.42 Å². The van der Waals surface area contributed by atoms with Crippen molar-refractivity contribution in [3.05, 3.63) is 11.4 Å². The minimum absolute atomic E-state index is 0.0820. The Bertz CT molecular complexity index is 592. The largest absolute Gasteiger partial charge is 0.308 e. The molecule has 7 heteroatoms. The summed E-state index contributed by atoms with van der Waals surface area (Å²) in [6.45, 7) is 4.89. The first-order valence-corrected chi connectivity index (χ1v) is 8.73. The van der Waals surface area contributed by atoms with E-state index in [1.807, 2.05) is 6.92 Å². The molecule has 0 aromatic carbocycles. The quantitative estimate of drug-likeness (QED) is 0.854. The standard InChI is InChI=1S/C13H22N4O2S/c1-9-4-3-7-17(9)20(18,19)13-10(2)15-16-12(13)8-14-11-5-6-11/h9,11,14H,3-8H2,1-2H3,(H,15,16). The summed E-state index contributed by atoms with van der Waals surface area (Å²) in [5, 5.41) is 10.3. The smallest absolute Gasteiger partial charge is 0.247 e. The molecule has 2 N–H and O–H groups in total. The zero-order chi connectivity index (χ0) is 14.3. The number of sulfonamides is 1. The summed E-state index contributed by atoms with van der Waals surface area (Å²) in [6, 6.07) is 0.617. The molecule has 1 atom stereocenters. The van der Waals surface area contributed by atoms with Gasteiger partial charge < -0.3 is 5.32 Å². The van der Waals surface area contributed by atoms with E-state index < -0.39 is 10.0 Å². The average molecular weight is 298 g/mol. The summed E-state index contributed by atoms with van der Waals surface area (Å²) in [4.78, 5) is 0.374. The van der Waals surface area contributed by atoms with Gasteiger partial charge in [0, 0.05) is 25.2 Å². The Kier molecular flexibility index (Phi) is 3.60. The van der Waals surface area contributed by atoms with Gasteiger partial charge >= 0.3 is 0 Å². The number of rotatable bonds is 5. The molecule has 6 nitrogen and oxygen atoms in total. The fourth-order valence-electron chi connectivity index (χ4n) is 2.84. The number of hydrogen-bond acceptors (Lipinski definition) is 4. The van der Waals surface area contributed by atoms with Crippen molar-refractivity contribution in [1.82, 2.24) is 19.8 Å². The van der Waals surface area contributed by atoms with Crippen LogP contribution in [-0.2, 0) is 16.6 Å². The van der Waals surface area contributed by atoms with Crippen molar-refractivity contribution in [2.45, 2.75) is 63.1 Å². The lowest BCUT2D eigenvalue weighted by Crippen LogP contribution is -2.34. The highest BCUT2D eigenvalue weighted by Gasteiger charge is 2.36. The molecule has 1 aromatic heterocycles. The van der Waals surface area contributed by atoms with E-state index in [0.29, 0.717) is 35.4 Å². The summed E-state index contributed by atoms with van der Waals surface area (Å²) < 4.78 is 27.3. The predicted octanol–water partition coefficient (Wildman–Crippen LogP) is 1.14. The lowest BCUT2D eigenvalue weighted by molar-refractivity contribution is 0.407. The van der Waals surface area contributed by atoms with E-state index in [1.54, 1.807) is 11.2 Å². The van der Waals surface area contributed by atoms with Crippen LogP contribution in [0.15, 0.2) is 4.90 Å². The third kappa shape index (κ3) is 2.49. The number of aryl methyl sites for hydroxylation is 1. The number of nitrogens with one attached hydrogen (secondary N) is 2. The van der Waals surface area contributed by atoms with Gasteiger partial charge in [-0.3, -0.25) is 5.10 Å². The normalized spacial score (nSPS) is 24.4. The van der Waals surface area contributed by atoms with E-state index in [4.69, 9.17) is 0 Å². The summed E-state index contributed by atoms with van der Waals surface area (Å²) in [5.41, 5.74) is 1.25. The third-order valence-corrected chi connectivity index (χ3v) is 6.37. The van der Waals surface area contributed by atoms with Gasteiger partial charge in [-0.1, -0.05) is 0 Å². The molecule has 20 heavy (non-hydrogen) atoms. The van der Waals surface area contributed by atoms with Crippen LogP contribution in [0.2, 0.25) is 0 Å². The Morgan fingerprint density at radius 1 is 1.40 bits per heavy atom. The van der Waals surface area contributed by atoms with Gasteiger partial charge in [0.2, 0.25) is 10.0 Å². The molecule has 0 radical (unpaired) electrons. The molecule has 1 aliphatic heterocycles. The molecule has 1 saturated carbocycles. The van der Waals surface area contributed by atoms with Crippen molar-refractivity contribution < 1.29 is 8.42 Å². The molecule has 2 heterocycles. The van der Waals surface area contributed by atoms with E-state index >= 15 is 0 Å². The number of aromatic nitrogens is 2. The van der Waals surface area contributed by atoms with Gasteiger partial charge in [-0.2, -0.15) is 9.40 Å². The molecule has 0 spiro atoms. The number of aromatic amines is 1. The van der Waals surface area contributed by atoms with E-state index in [1.165, 1.54) is 12.8 Å². The summed E-state index contributed by atoms with van der Waals surface area (Å²) in [6.07, 6.45) is 4.22. The van der Waals surface area contributed by atoms with E-state index in [9.17, 15) is 8.42 Å². The van der Waals surface area contributed by atoms with Crippen molar-refractivity contribution in [1.29, 1.82) is 0 Å². The SMILES string of the molecule is Cc1[nH]nc(CNC2CC2)c1S(=O)(=O)N1CCCC1C. The Morgan fingerprint density at radius 3 is 2.75 bits per heavy atom. The maximum absolute atomic E-state index is 12.8. The summed E-state index contributed by atoms with van der Waals surface area (Å²) in [5.74, 6) is 0. The fourth-order valence-corrected chi connectivity index (χ4v) is 4.87.